The average Bonchev–Trinajstić information content (AvgIpc) is 3.28. The van der Waals surface area contributed by atoms with Crippen molar-refractivity contribution in [3.8, 4) is 11.5 Å². The number of rotatable bonds is 8. The van der Waals surface area contributed by atoms with Crippen LogP contribution in [0.3, 0.4) is 0 Å². The molecule has 1 aromatic carbocycles. The Morgan fingerprint density at radius 3 is 2.62 bits per heavy atom. The summed E-state index contributed by atoms with van der Waals surface area (Å²) in [6.07, 6.45) is 10.2. The number of nitrogens with zero attached hydrogens (tertiary/aromatic N) is 1. The molecule has 1 aliphatic carbocycles. The Bertz CT molecular complexity index is 868. The molecule has 1 aliphatic heterocycles. The summed E-state index contributed by atoms with van der Waals surface area (Å²) in [4.78, 5) is 14.4. The molecule has 1 fully saturated rings. The van der Waals surface area contributed by atoms with E-state index < -0.39 is 0 Å². The molecule has 5 nitrogen and oxygen atoms in total. The van der Waals surface area contributed by atoms with E-state index in [0.717, 1.165) is 81.2 Å². The Labute approximate surface area is 193 Å². The first-order valence-electron chi connectivity index (χ1n) is 12.3. The number of nitrogens with one attached hydrogen (secondary N) is 1. The molecule has 3 rings (SSSR count). The van der Waals surface area contributed by atoms with Crippen LogP contribution in [-0.2, 0) is 13.0 Å². The summed E-state index contributed by atoms with van der Waals surface area (Å²) in [5.41, 5.74) is 4.55. The fraction of sp³-hybridized carbons (Fsp3) is 0.593. The number of phenolic OH excluding ortho intramolecular Hbond substituents is 2. The number of hydrogen-bond donors (Lipinski definition) is 3. The predicted octanol–water partition coefficient (Wildman–Crippen LogP) is 6.15. The third-order valence-corrected chi connectivity index (χ3v) is 7.09. The Balaban J connectivity index is 1.96. The number of benzene rings is 1. The lowest BCUT2D eigenvalue weighted by Crippen LogP contribution is -2.37. The summed E-state index contributed by atoms with van der Waals surface area (Å²) in [7, 11) is 0. The maximum Gasteiger partial charge on any atom is 0.317 e. The van der Waals surface area contributed by atoms with Crippen molar-refractivity contribution in [2.75, 3.05) is 13.1 Å². The SMILES string of the molecule is C=C(C)C1CCC(C)=CC1c1c(O)cc(CCCCC)c(CNC(=O)N2CCCC2)c1O. The molecule has 1 aromatic rings. The molecule has 2 atom stereocenters. The van der Waals surface area contributed by atoms with Gasteiger partial charge in [0.1, 0.15) is 11.5 Å². The van der Waals surface area contributed by atoms with E-state index in [0.29, 0.717) is 5.56 Å². The highest BCUT2D eigenvalue weighted by Crippen LogP contribution is 2.48. The number of hydrogen-bond acceptors (Lipinski definition) is 3. The number of phenols is 2. The summed E-state index contributed by atoms with van der Waals surface area (Å²) in [6, 6.07) is 1.74. The lowest BCUT2D eigenvalue weighted by molar-refractivity contribution is 0.208. The van der Waals surface area contributed by atoms with Crippen LogP contribution in [0.2, 0.25) is 0 Å². The van der Waals surface area contributed by atoms with Gasteiger partial charge in [-0.15, -0.1) is 0 Å². The second-order valence-electron chi connectivity index (χ2n) is 9.64. The first kappa shape index (κ1) is 24.2. The summed E-state index contributed by atoms with van der Waals surface area (Å²) < 4.78 is 0. The van der Waals surface area contributed by atoms with Gasteiger partial charge in [-0.2, -0.15) is 0 Å². The lowest BCUT2D eigenvalue weighted by Gasteiger charge is -2.32. The monoisotopic (exact) mass is 440 g/mol. The van der Waals surface area contributed by atoms with Gasteiger partial charge in [-0.25, -0.2) is 4.79 Å². The first-order chi connectivity index (χ1) is 15.3. The quantitative estimate of drug-likeness (QED) is 0.335. The molecule has 1 heterocycles. The molecule has 0 spiro atoms. The summed E-state index contributed by atoms with van der Waals surface area (Å²) in [6.45, 7) is 12.3. The van der Waals surface area contributed by atoms with Crippen LogP contribution in [0.4, 0.5) is 4.79 Å². The van der Waals surface area contributed by atoms with Gasteiger partial charge in [0, 0.05) is 36.7 Å². The standard InChI is InChI=1S/C27H40N2O3/c1-5-6-7-10-20-16-24(30)25(22-15-19(4)11-12-21(22)18(2)3)26(31)23(20)17-28-27(32)29-13-8-9-14-29/h15-16,21-22,30-31H,2,5-14,17H2,1,3-4H3,(H,28,32). The number of amides is 2. The van der Waals surface area contributed by atoms with E-state index >= 15 is 0 Å². The maximum absolute atomic E-state index is 12.6. The molecule has 2 unspecified atom stereocenters. The number of aromatic hydroxyl groups is 2. The third-order valence-electron chi connectivity index (χ3n) is 7.09. The van der Waals surface area contributed by atoms with Gasteiger partial charge in [0.05, 0.1) is 0 Å². The molecule has 5 heteroatoms. The van der Waals surface area contributed by atoms with Crippen LogP contribution in [0.5, 0.6) is 11.5 Å². The van der Waals surface area contributed by atoms with E-state index in [9.17, 15) is 15.0 Å². The predicted molar refractivity (Wildman–Crippen MR) is 130 cm³/mol. The Morgan fingerprint density at radius 2 is 1.97 bits per heavy atom. The number of urea groups is 1. The molecule has 1 saturated heterocycles. The largest absolute Gasteiger partial charge is 0.507 e. The van der Waals surface area contributed by atoms with Gasteiger partial charge >= 0.3 is 6.03 Å². The highest BCUT2D eigenvalue weighted by atomic mass is 16.3. The number of unbranched alkanes of at least 4 members (excludes halogenated alkanes) is 2. The van der Waals surface area contributed by atoms with E-state index in [1.54, 1.807) is 0 Å². The van der Waals surface area contributed by atoms with Crippen molar-refractivity contribution in [3.05, 3.63) is 46.6 Å². The summed E-state index contributed by atoms with van der Waals surface area (Å²) in [5.74, 6) is 0.332. The number of likely N-dealkylation sites (tertiary alicyclic amines) is 1. The Kier molecular flexibility index (Phi) is 8.27. The highest BCUT2D eigenvalue weighted by Gasteiger charge is 2.32. The van der Waals surface area contributed by atoms with Gasteiger partial charge in [-0.3, -0.25) is 0 Å². The lowest BCUT2D eigenvalue weighted by atomic mass is 9.73. The fourth-order valence-corrected chi connectivity index (χ4v) is 5.18. The molecule has 176 valence electrons. The van der Waals surface area contributed by atoms with Crippen molar-refractivity contribution < 1.29 is 15.0 Å². The van der Waals surface area contributed by atoms with E-state index in [-0.39, 0.29) is 35.9 Å². The van der Waals surface area contributed by atoms with Crippen LogP contribution in [0.25, 0.3) is 0 Å². The zero-order valence-corrected chi connectivity index (χ0v) is 20.0. The molecular weight excluding hydrogens is 400 g/mol. The number of carbonyl (C=O) groups excluding carboxylic acids is 1. The molecule has 0 aromatic heterocycles. The van der Waals surface area contributed by atoms with Crippen molar-refractivity contribution in [1.29, 1.82) is 0 Å². The van der Waals surface area contributed by atoms with Gasteiger partial charge in [-0.05, 0) is 69.9 Å². The van der Waals surface area contributed by atoms with Crippen molar-refractivity contribution >= 4 is 6.03 Å². The highest BCUT2D eigenvalue weighted by molar-refractivity contribution is 5.74. The van der Waals surface area contributed by atoms with E-state index in [1.807, 2.05) is 17.9 Å². The van der Waals surface area contributed by atoms with Crippen molar-refractivity contribution in [3.63, 3.8) is 0 Å². The molecule has 0 saturated carbocycles. The number of carbonyl (C=O) groups is 1. The second-order valence-corrected chi connectivity index (χ2v) is 9.64. The van der Waals surface area contributed by atoms with Crippen LogP contribution in [-0.4, -0.2) is 34.2 Å². The Hall–Kier alpha value is -2.43. The zero-order valence-electron chi connectivity index (χ0n) is 20.0. The van der Waals surface area contributed by atoms with Gasteiger partial charge in [0.25, 0.3) is 0 Å². The van der Waals surface area contributed by atoms with E-state index in [4.69, 9.17) is 0 Å². The van der Waals surface area contributed by atoms with Gasteiger partial charge < -0.3 is 20.4 Å². The third kappa shape index (κ3) is 5.48. The molecule has 2 aliphatic rings. The van der Waals surface area contributed by atoms with E-state index in [2.05, 4.69) is 31.8 Å². The molecule has 2 amide bonds. The maximum atomic E-state index is 12.6. The van der Waals surface area contributed by atoms with Gasteiger partial charge in [-0.1, -0.05) is 43.6 Å². The Morgan fingerprint density at radius 1 is 1.25 bits per heavy atom. The minimum absolute atomic E-state index is 0.0794. The minimum Gasteiger partial charge on any atom is -0.507 e. The van der Waals surface area contributed by atoms with Crippen LogP contribution in [0.1, 0.15) is 88.3 Å². The smallest absolute Gasteiger partial charge is 0.317 e. The van der Waals surface area contributed by atoms with Crippen LogP contribution < -0.4 is 5.32 Å². The number of allylic oxidation sites excluding steroid dienone is 3. The fourth-order valence-electron chi connectivity index (χ4n) is 5.18. The molecular formula is C27H40N2O3. The van der Waals surface area contributed by atoms with E-state index in [1.165, 1.54) is 5.57 Å². The summed E-state index contributed by atoms with van der Waals surface area (Å²) in [5, 5.41) is 25.5. The molecule has 3 N–H and O–H groups in total. The molecule has 0 bridgehead atoms. The molecule has 32 heavy (non-hydrogen) atoms. The van der Waals surface area contributed by atoms with Crippen LogP contribution in [0, 0.1) is 5.92 Å². The van der Waals surface area contributed by atoms with Crippen molar-refractivity contribution in [2.45, 2.75) is 84.6 Å². The number of aryl methyl sites for hydroxylation is 1. The summed E-state index contributed by atoms with van der Waals surface area (Å²) >= 11 is 0. The van der Waals surface area contributed by atoms with Crippen molar-refractivity contribution in [2.24, 2.45) is 5.92 Å². The van der Waals surface area contributed by atoms with Crippen molar-refractivity contribution in [1.82, 2.24) is 10.2 Å². The average molecular weight is 441 g/mol. The first-order valence-corrected chi connectivity index (χ1v) is 12.3. The topological polar surface area (TPSA) is 72.8 Å². The molecule has 0 radical (unpaired) electrons. The normalized spacial score (nSPS) is 20.8. The second kappa shape index (κ2) is 10.9. The van der Waals surface area contributed by atoms with Crippen LogP contribution >= 0.6 is 0 Å². The minimum atomic E-state index is -0.112. The van der Waals surface area contributed by atoms with Crippen LogP contribution in [0.15, 0.2) is 29.9 Å². The van der Waals surface area contributed by atoms with Gasteiger partial charge in [0.15, 0.2) is 0 Å². The zero-order chi connectivity index (χ0) is 23.3. The van der Waals surface area contributed by atoms with Gasteiger partial charge in [0.2, 0.25) is 0 Å².